The van der Waals surface area contributed by atoms with Gasteiger partial charge in [-0.3, -0.25) is 9.48 Å². The Balaban J connectivity index is 1.79. The van der Waals surface area contributed by atoms with Gasteiger partial charge in [0, 0.05) is 16.8 Å². The lowest BCUT2D eigenvalue weighted by molar-refractivity contribution is -0.116. The number of aromatic nitrogens is 2. The topological polar surface area (TPSA) is 72.9 Å². The molecular formula is C17H18N4O. The molecule has 22 heavy (non-hydrogen) atoms. The van der Waals surface area contributed by atoms with Crippen molar-refractivity contribution in [1.82, 2.24) is 9.78 Å². The van der Waals surface area contributed by atoms with Crippen molar-refractivity contribution in [1.29, 1.82) is 0 Å². The lowest BCUT2D eigenvalue weighted by Crippen LogP contribution is -2.19. The van der Waals surface area contributed by atoms with E-state index in [1.54, 1.807) is 10.9 Å². The molecule has 0 bridgehead atoms. The predicted octanol–water partition coefficient (Wildman–Crippen LogP) is 2.87. The molecule has 0 aliphatic rings. The van der Waals surface area contributed by atoms with Crippen LogP contribution in [-0.4, -0.2) is 15.7 Å². The third-order valence-electron chi connectivity index (χ3n) is 3.47. The van der Waals surface area contributed by atoms with Crippen molar-refractivity contribution in [2.24, 2.45) is 0 Å². The zero-order valence-corrected chi connectivity index (χ0v) is 12.6. The van der Waals surface area contributed by atoms with Gasteiger partial charge in [0.1, 0.15) is 6.54 Å². The maximum Gasteiger partial charge on any atom is 0.246 e. The summed E-state index contributed by atoms with van der Waals surface area (Å²) in [4.78, 5) is 12.2. The maximum atomic E-state index is 12.2. The number of benzene rings is 2. The predicted molar refractivity (Wildman–Crippen MR) is 88.7 cm³/mol. The van der Waals surface area contributed by atoms with Gasteiger partial charge in [0.15, 0.2) is 0 Å². The van der Waals surface area contributed by atoms with E-state index in [9.17, 15) is 4.79 Å². The van der Waals surface area contributed by atoms with Gasteiger partial charge >= 0.3 is 0 Å². The minimum atomic E-state index is -0.113. The molecule has 0 aliphatic heterocycles. The van der Waals surface area contributed by atoms with E-state index in [-0.39, 0.29) is 12.5 Å². The number of nitrogen functional groups attached to an aromatic ring is 1. The van der Waals surface area contributed by atoms with E-state index >= 15 is 0 Å². The standard InChI is InChI=1S/C17H18N4O/c1-11-5-12(2)7-15(6-11)20-17(22)10-21-16-8-14(18)4-3-13(16)9-19-21/h3-9H,10,18H2,1-2H3,(H,20,22). The van der Waals surface area contributed by atoms with Gasteiger partial charge in [-0.1, -0.05) is 6.07 Å². The number of rotatable bonds is 3. The number of amides is 1. The molecule has 1 heterocycles. The summed E-state index contributed by atoms with van der Waals surface area (Å²) in [5.41, 5.74) is 10.4. The molecule has 0 spiro atoms. The number of fused-ring (bicyclic) bond motifs is 1. The fourth-order valence-corrected chi connectivity index (χ4v) is 2.60. The Morgan fingerprint density at radius 2 is 1.91 bits per heavy atom. The second kappa shape index (κ2) is 5.52. The second-order valence-electron chi connectivity index (χ2n) is 5.55. The van der Waals surface area contributed by atoms with Gasteiger partial charge in [-0.05, 0) is 55.3 Å². The molecule has 0 saturated heterocycles. The van der Waals surface area contributed by atoms with Crippen LogP contribution in [0.3, 0.4) is 0 Å². The molecule has 112 valence electrons. The molecule has 1 amide bonds. The average Bonchev–Trinajstić information content (AvgIpc) is 2.80. The van der Waals surface area contributed by atoms with Gasteiger partial charge in [-0.25, -0.2) is 0 Å². The van der Waals surface area contributed by atoms with Crippen LogP contribution in [-0.2, 0) is 11.3 Å². The van der Waals surface area contributed by atoms with Crippen LogP contribution < -0.4 is 11.1 Å². The summed E-state index contributed by atoms with van der Waals surface area (Å²) in [6, 6.07) is 11.5. The number of nitrogens with two attached hydrogens (primary N) is 1. The summed E-state index contributed by atoms with van der Waals surface area (Å²) in [7, 11) is 0. The minimum absolute atomic E-state index is 0.113. The van der Waals surface area contributed by atoms with E-state index in [2.05, 4.69) is 16.5 Å². The van der Waals surface area contributed by atoms with Crippen molar-refractivity contribution < 1.29 is 4.79 Å². The fourth-order valence-electron chi connectivity index (χ4n) is 2.60. The summed E-state index contributed by atoms with van der Waals surface area (Å²) >= 11 is 0. The van der Waals surface area contributed by atoms with E-state index in [1.807, 2.05) is 44.2 Å². The number of carbonyl (C=O) groups excluding carboxylic acids is 1. The van der Waals surface area contributed by atoms with Gasteiger partial charge in [-0.15, -0.1) is 0 Å². The third kappa shape index (κ3) is 2.93. The first-order chi connectivity index (χ1) is 10.5. The number of hydrogen-bond donors (Lipinski definition) is 2. The lowest BCUT2D eigenvalue weighted by atomic mass is 10.1. The first kappa shape index (κ1) is 14.1. The number of carbonyl (C=O) groups is 1. The Morgan fingerprint density at radius 1 is 1.18 bits per heavy atom. The fraction of sp³-hybridized carbons (Fsp3) is 0.176. The van der Waals surface area contributed by atoms with Gasteiger partial charge < -0.3 is 11.1 Å². The highest BCUT2D eigenvalue weighted by Gasteiger charge is 2.09. The van der Waals surface area contributed by atoms with E-state index in [4.69, 9.17) is 5.73 Å². The normalized spacial score (nSPS) is 10.8. The molecule has 3 N–H and O–H groups in total. The quantitative estimate of drug-likeness (QED) is 0.729. The van der Waals surface area contributed by atoms with Crippen molar-refractivity contribution >= 4 is 28.2 Å². The monoisotopic (exact) mass is 294 g/mol. The Labute approximate surface area is 128 Å². The molecule has 5 nitrogen and oxygen atoms in total. The summed E-state index contributed by atoms with van der Waals surface area (Å²) < 4.78 is 1.66. The molecule has 0 radical (unpaired) electrons. The van der Waals surface area contributed by atoms with Gasteiger partial charge in [0.2, 0.25) is 5.91 Å². The van der Waals surface area contributed by atoms with Crippen LogP contribution in [0.4, 0.5) is 11.4 Å². The Hall–Kier alpha value is -2.82. The van der Waals surface area contributed by atoms with Crippen LogP contribution in [0.25, 0.3) is 10.9 Å². The molecule has 0 unspecified atom stereocenters. The molecular weight excluding hydrogens is 276 g/mol. The molecule has 1 aromatic heterocycles. The smallest absolute Gasteiger partial charge is 0.246 e. The van der Waals surface area contributed by atoms with Crippen molar-refractivity contribution in [3.05, 3.63) is 53.7 Å². The Bertz CT molecular complexity index is 831. The van der Waals surface area contributed by atoms with Crippen LogP contribution in [0.5, 0.6) is 0 Å². The van der Waals surface area contributed by atoms with Crippen molar-refractivity contribution in [2.75, 3.05) is 11.1 Å². The van der Waals surface area contributed by atoms with E-state index in [0.717, 1.165) is 27.7 Å². The zero-order valence-electron chi connectivity index (χ0n) is 12.6. The number of nitrogens with one attached hydrogen (secondary N) is 1. The average molecular weight is 294 g/mol. The van der Waals surface area contributed by atoms with Crippen LogP contribution in [0.2, 0.25) is 0 Å². The highest BCUT2D eigenvalue weighted by Crippen LogP contribution is 2.17. The first-order valence-electron chi connectivity index (χ1n) is 7.10. The summed E-state index contributed by atoms with van der Waals surface area (Å²) in [5, 5.41) is 8.13. The number of hydrogen-bond acceptors (Lipinski definition) is 3. The van der Waals surface area contributed by atoms with E-state index in [0.29, 0.717) is 5.69 Å². The van der Waals surface area contributed by atoms with Crippen LogP contribution in [0, 0.1) is 13.8 Å². The maximum absolute atomic E-state index is 12.2. The van der Waals surface area contributed by atoms with Crippen LogP contribution in [0.15, 0.2) is 42.6 Å². The summed E-state index contributed by atoms with van der Waals surface area (Å²) in [6.07, 6.45) is 1.73. The van der Waals surface area contributed by atoms with Crippen LogP contribution >= 0.6 is 0 Å². The highest BCUT2D eigenvalue weighted by molar-refractivity contribution is 5.92. The SMILES string of the molecule is Cc1cc(C)cc(NC(=O)Cn2ncc3ccc(N)cc32)c1. The van der Waals surface area contributed by atoms with Crippen LogP contribution in [0.1, 0.15) is 11.1 Å². The molecule has 0 aliphatic carbocycles. The molecule has 0 fully saturated rings. The number of aryl methyl sites for hydroxylation is 2. The first-order valence-corrected chi connectivity index (χ1v) is 7.10. The second-order valence-corrected chi connectivity index (χ2v) is 5.55. The van der Waals surface area contributed by atoms with Gasteiger partial charge in [0.05, 0.1) is 11.7 Å². The zero-order chi connectivity index (χ0) is 15.7. The number of nitrogens with zero attached hydrogens (tertiary/aromatic N) is 2. The molecule has 2 aromatic carbocycles. The number of anilines is 2. The van der Waals surface area contributed by atoms with Gasteiger partial charge in [0.25, 0.3) is 0 Å². The highest BCUT2D eigenvalue weighted by atomic mass is 16.2. The van der Waals surface area contributed by atoms with E-state index in [1.165, 1.54) is 0 Å². The molecule has 3 rings (SSSR count). The molecule has 0 atom stereocenters. The summed E-state index contributed by atoms with van der Waals surface area (Å²) in [6.45, 7) is 4.17. The van der Waals surface area contributed by atoms with Crippen molar-refractivity contribution in [3.63, 3.8) is 0 Å². The minimum Gasteiger partial charge on any atom is -0.399 e. The largest absolute Gasteiger partial charge is 0.399 e. The van der Waals surface area contributed by atoms with E-state index < -0.39 is 0 Å². The summed E-state index contributed by atoms with van der Waals surface area (Å²) in [5.74, 6) is -0.113. The Morgan fingerprint density at radius 3 is 2.64 bits per heavy atom. The molecule has 5 heteroatoms. The third-order valence-corrected chi connectivity index (χ3v) is 3.47. The van der Waals surface area contributed by atoms with Crippen molar-refractivity contribution in [2.45, 2.75) is 20.4 Å². The molecule has 0 saturated carbocycles. The molecule has 3 aromatic rings. The lowest BCUT2D eigenvalue weighted by Gasteiger charge is -2.08. The Kier molecular flexibility index (Phi) is 3.55. The van der Waals surface area contributed by atoms with Gasteiger partial charge in [-0.2, -0.15) is 5.10 Å². The van der Waals surface area contributed by atoms with Crippen molar-refractivity contribution in [3.8, 4) is 0 Å².